The van der Waals surface area contributed by atoms with Crippen molar-refractivity contribution in [3.8, 4) is 0 Å². The summed E-state index contributed by atoms with van der Waals surface area (Å²) in [4.78, 5) is 27.6. The van der Waals surface area contributed by atoms with Gasteiger partial charge >= 0.3 is 0 Å². The topological polar surface area (TPSA) is 61.4 Å². The van der Waals surface area contributed by atoms with E-state index in [-0.39, 0.29) is 11.8 Å². The van der Waals surface area contributed by atoms with Crippen molar-refractivity contribution in [3.05, 3.63) is 51.2 Å². The summed E-state index contributed by atoms with van der Waals surface area (Å²) in [6.45, 7) is 2.52. The van der Waals surface area contributed by atoms with Gasteiger partial charge in [0, 0.05) is 11.6 Å². The van der Waals surface area contributed by atoms with Crippen LogP contribution in [-0.2, 0) is 4.79 Å². The molecule has 1 aliphatic heterocycles. The van der Waals surface area contributed by atoms with Gasteiger partial charge in [0.1, 0.15) is 6.04 Å². The van der Waals surface area contributed by atoms with Gasteiger partial charge in [0.2, 0.25) is 0 Å². The zero-order chi connectivity index (χ0) is 17.8. The molecule has 1 aliphatic rings. The first-order chi connectivity index (χ1) is 12.1. The van der Waals surface area contributed by atoms with Crippen LogP contribution in [0.5, 0.6) is 0 Å². The lowest BCUT2D eigenvalue weighted by Gasteiger charge is -2.34. The minimum absolute atomic E-state index is 0.0757. The molecule has 0 saturated carbocycles. The number of amides is 2. The molecule has 2 heterocycles. The summed E-state index contributed by atoms with van der Waals surface area (Å²) in [5, 5.41) is 2.50. The van der Waals surface area contributed by atoms with E-state index in [4.69, 9.17) is 11.6 Å². The van der Waals surface area contributed by atoms with E-state index in [9.17, 15) is 9.59 Å². The first-order valence-electron chi connectivity index (χ1n) is 8.23. The van der Waals surface area contributed by atoms with Crippen LogP contribution in [0.4, 0.5) is 5.69 Å². The van der Waals surface area contributed by atoms with Crippen molar-refractivity contribution >= 4 is 40.4 Å². The highest BCUT2D eigenvalue weighted by atomic mass is 35.5. The molecule has 0 bridgehead atoms. The monoisotopic (exact) mass is 377 g/mol. The number of aryl methyl sites for hydroxylation is 1. The van der Waals surface area contributed by atoms with Crippen molar-refractivity contribution in [1.29, 1.82) is 0 Å². The maximum absolute atomic E-state index is 12.7. The van der Waals surface area contributed by atoms with E-state index in [2.05, 4.69) is 10.9 Å². The number of anilines is 1. The zero-order valence-corrected chi connectivity index (χ0v) is 15.5. The minimum atomic E-state index is -0.461. The van der Waals surface area contributed by atoms with Crippen LogP contribution < -0.4 is 10.9 Å². The Bertz CT molecular complexity index is 764. The van der Waals surface area contributed by atoms with E-state index in [1.165, 1.54) is 11.3 Å². The summed E-state index contributed by atoms with van der Waals surface area (Å²) < 4.78 is 0. The van der Waals surface area contributed by atoms with Crippen LogP contribution in [-0.4, -0.2) is 29.3 Å². The molecule has 0 spiro atoms. The number of nitrogens with zero attached hydrogens (tertiary/aromatic N) is 1. The van der Waals surface area contributed by atoms with Gasteiger partial charge in [-0.3, -0.25) is 20.4 Å². The van der Waals surface area contributed by atoms with Crippen LogP contribution in [0, 0.1) is 6.92 Å². The second-order valence-corrected chi connectivity index (χ2v) is 7.42. The number of hydrazine groups is 1. The number of piperidine rings is 1. The number of rotatable bonds is 4. The first kappa shape index (κ1) is 17.8. The van der Waals surface area contributed by atoms with Crippen LogP contribution in [0.2, 0.25) is 5.02 Å². The van der Waals surface area contributed by atoms with Gasteiger partial charge in [0.25, 0.3) is 11.8 Å². The fourth-order valence-corrected chi connectivity index (χ4v) is 3.74. The number of thiophene rings is 1. The number of hydrogen-bond acceptors (Lipinski definition) is 4. The standard InChI is InChI=1S/C18H20ClN3O2S/c1-12-7-8-13(11-14(12)19)20-21-17(23)15-5-2-3-9-22(15)18(24)16-6-4-10-25-16/h4,6-8,10-11,15,20H,2-3,5,9H2,1H3,(H,21,23)/t15-/m0/s1. The van der Waals surface area contributed by atoms with Gasteiger partial charge in [-0.1, -0.05) is 23.7 Å². The zero-order valence-electron chi connectivity index (χ0n) is 13.9. The van der Waals surface area contributed by atoms with Crippen LogP contribution in [0.15, 0.2) is 35.7 Å². The number of likely N-dealkylation sites (tertiary alicyclic amines) is 1. The second kappa shape index (κ2) is 7.89. The van der Waals surface area contributed by atoms with E-state index in [1.807, 2.05) is 30.5 Å². The van der Waals surface area contributed by atoms with E-state index in [0.29, 0.717) is 28.6 Å². The molecule has 1 saturated heterocycles. The lowest BCUT2D eigenvalue weighted by molar-refractivity contribution is -0.126. The molecule has 0 aliphatic carbocycles. The Hall–Kier alpha value is -2.05. The molecular weight excluding hydrogens is 358 g/mol. The average Bonchev–Trinajstić information content (AvgIpc) is 3.16. The van der Waals surface area contributed by atoms with Crippen LogP contribution in [0.25, 0.3) is 0 Å². The van der Waals surface area contributed by atoms with Crippen molar-refractivity contribution in [2.24, 2.45) is 0 Å². The normalized spacial score (nSPS) is 17.2. The quantitative estimate of drug-likeness (QED) is 0.795. The third kappa shape index (κ3) is 4.14. The molecule has 25 heavy (non-hydrogen) atoms. The van der Waals surface area contributed by atoms with Crippen LogP contribution in [0.3, 0.4) is 0 Å². The molecule has 0 radical (unpaired) electrons. The summed E-state index contributed by atoms with van der Waals surface area (Å²) >= 11 is 7.49. The van der Waals surface area contributed by atoms with Gasteiger partial charge in [0.15, 0.2) is 0 Å². The number of hydrogen-bond donors (Lipinski definition) is 2. The maximum atomic E-state index is 12.7. The molecule has 1 atom stereocenters. The van der Waals surface area contributed by atoms with Crippen LogP contribution >= 0.6 is 22.9 Å². The Balaban J connectivity index is 1.66. The van der Waals surface area contributed by atoms with Crippen molar-refractivity contribution in [1.82, 2.24) is 10.3 Å². The van der Waals surface area contributed by atoms with Gasteiger partial charge in [-0.05, 0) is 55.3 Å². The third-order valence-corrected chi connectivity index (χ3v) is 5.57. The fourth-order valence-electron chi connectivity index (χ4n) is 2.88. The molecule has 1 aromatic heterocycles. The van der Waals surface area contributed by atoms with E-state index < -0.39 is 6.04 Å². The average molecular weight is 378 g/mol. The van der Waals surface area contributed by atoms with Crippen molar-refractivity contribution in [2.45, 2.75) is 32.2 Å². The van der Waals surface area contributed by atoms with Gasteiger partial charge in [-0.25, -0.2) is 0 Å². The summed E-state index contributed by atoms with van der Waals surface area (Å²) in [5.74, 6) is -0.283. The van der Waals surface area contributed by atoms with Gasteiger partial charge in [-0.15, -0.1) is 11.3 Å². The molecule has 3 rings (SSSR count). The summed E-state index contributed by atoms with van der Waals surface area (Å²) in [6, 6.07) is 8.66. The Morgan fingerprint density at radius 1 is 1.28 bits per heavy atom. The Morgan fingerprint density at radius 2 is 2.12 bits per heavy atom. The third-order valence-electron chi connectivity index (χ3n) is 4.30. The smallest absolute Gasteiger partial charge is 0.264 e. The van der Waals surface area contributed by atoms with E-state index >= 15 is 0 Å². The SMILES string of the molecule is Cc1ccc(NNC(=O)[C@@H]2CCCCN2C(=O)c2cccs2)cc1Cl. The van der Waals surface area contributed by atoms with Crippen molar-refractivity contribution < 1.29 is 9.59 Å². The second-order valence-electron chi connectivity index (χ2n) is 6.07. The predicted molar refractivity (Wildman–Crippen MR) is 101 cm³/mol. The Labute approximate surface area is 155 Å². The van der Waals surface area contributed by atoms with Crippen molar-refractivity contribution in [2.75, 3.05) is 12.0 Å². The number of benzene rings is 1. The van der Waals surface area contributed by atoms with E-state index in [1.54, 1.807) is 17.0 Å². The van der Waals surface area contributed by atoms with Gasteiger partial charge in [0.05, 0.1) is 10.6 Å². The summed E-state index contributed by atoms with van der Waals surface area (Å²) in [7, 11) is 0. The van der Waals surface area contributed by atoms with Gasteiger partial charge in [-0.2, -0.15) is 0 Å². The molecule has 7 heteroatoms. The molecule has 2 N–H and O–H groups in total. The molecular formula is C18H20ClN3O2S. The molecule has 1 aromatic carbocycles. The van der Waals surface area contributed by atoms with Gasteiger partial charge < -0.3 is 4.90 Å². The van der Waals surface area contributed by atoms with E-state index in [0.717, 1.165) is 18.4 Å². The number of halogens is 1. The molecule has 132 valence electrons. The summed E-state index contributed by atoms with van der Waals surface area (Å²) in [5.41, 5.74) is 7.27. The first-order valence-corrected chi connectivity index (χ1v) is 9.48. The minimum Gasteiger partial charge on any atom is -0.326 e. The predicted octanol–water partition coefficient (Wildman–Crippen LogP) is 3.85. The highest BCUT2D eigenvalue weighted by molar-refractivity contribution is 7.12. The molecule has 5 nitrogen and oxygen atoms in total. The Morgan fingerprint density at radius 3 is 2.84 bits per heavy atom. The molecule has 2 amide bonds. The molecule has 0 unspecified atom stereocenters. The van der Waals surface area contributed by atoms with Crippen molar-refractivity contribution in [3.63, 3.8) is 0 Å². The number of carbonyl (C=O) groups is 2. The molecule has 1 fully saturated rings. The highest BCUT2D eigenvalue weighted by Gasteiger charge is 2.33. The fraction of sp³-hybridized carbons (Fsp3) is 0.333. The lowest BCUT2D eigenvalue weighted by Crippen LogP contribution is -2.52. The number of nitrogens with one attached hydrogen (secondary N) is 2. The maximum Gasteiger partial charge on any atom is 0.264 e. The lowest BCUT2D eigenvalue weighted by atomic mass is 10.0. The Kier molecular flexibility index (Phi) is 5.60. The number of carbonyl (C=O) groups excluding carboxylic acids is 2. The summed E-state index contributed by atoms with van der Waals surface area (Å²) in [6.07, 6.45) is 2.52. The highest BCUT2D eigenvalue weighted by Crippen LogP contribution is 2.22. The molecule has 2 aromatic rings. The largest absolute Gasteiger partial charge is 0.326 e. The van der Waals surface area contributed by atoms with Crippen LogP contribution in [0.1, 0.15) is 34.5 Å².